The molecule has 20 heavy (non-hydrogen) atoms. The van der Waals surface area contributed by atoms with Crippen LogP contribution in [0.3, 0.4) is 0 Å². The van der Waals surface area contributed by atoms with Gasteiger partial charge < -0.3 is 14.5 Å². The van der Waals surface area contributed by atoms with Gasteiger partial charge in [-0.1, -0.05) is 6.92 Å². The van der Waals surface area contributed by atoms with Crippen molar-refractivity contribution in [1.29, 1.82) is 0 Å². The van der Waals surface area contributed by atoms with Crippen LogP contribution in [0.15, 0.2) is 18.2 Å². The molecule has 1 saturated heterocycles. The molecule has 1 aromatic heterocycles. The van der Waals surface area contributed by atoms with E-state index in [0.29, 0.717) is 10.7 Å². The van der Waals surface area contributed by atoms with Gasteiger partial charge in [-0.05, 0) is 68.8 Å². The van der Waals surface area contributed by atoms with E-state index in [0.717, 1.165) is 24.1 Å². The van der Waals surface area contributed by atoms with E-state index in [1.54, 1.807) is 0 Å². The molecule has 0 amide bonds. The average molecular weight is 293 g/mol. The minimum Gasteiger partial charge on any atom is -0.330 e. The maximum absolute atomic E-state index is 13.2. The van der Waals surface area contributed by atoms with Crippen LogP contribution in [0.2, 0.25) is 0 Å². The summed E-state index contributed by atoms with van der Waals surface area (Å²) in [4.78, 5) is 5.59. The van der Waals surface area contributed by atoms with Gasteiger partial charge >= 0.3 is 0 Å². The summed E-state index contributed by atoms with van der Waals surface area (Å²) < 4.78 is 16.1. The molecule has 2 heterocycles. The fraction of sp³-hybridized carbons (Fsp3) is 0.533. The van der Waals surface area contributed by atoms with E-state index in [4.69, 9.17) is 12.2 Å². The molecule has 1 aromatic carbocycles. The van der Waals surface area contributed by atoms with E-state index in [9.17, 15) is 4.39 Å². The molecule has 0 unspecified atom stereocenters. The van der Waals surface area contributed by atoms with E-state index in [1.165, 1.54) is 38.1 Å². The van der Waals surface area contributed by atoms with Crippen molar-refractivity contribution < 1.29 is 4.39 Å². The van der Waals surface area contributed by atoms with Crippen molar-refractivity contribution in [2.75, 3.05) is 19.6 Å². The Labute approximate surface area is 123 Å². The van der Waals surface area contributed by atoms with Crippen molar-refractivity contribution in [3.8, 4) is 0 Å². The van der Waals surface area contributed by atoms with Crippen LogP contribution in [-0.4, -0.2) is 34.1 Å². The minimum absolute atomic E-state index is 0.225. The number of benzene rings is 1. The highest BCUT2D eigenvalue weighted by molar-refractivity contribution is 7.71. The van der Waals surface area contributed by atoms with E-state index in [2.05, 4.69) is 21.4 Å². The molecule has 1 fully saturated rings. The molecule has 0 aliphatic carbocycles. The molecule has 0 bridgehead atoms. The fourth-order valence-corrected chi connectivity index (χ4v) is 3.34. The molecule has 5 heteroatoms. The third-order valence-electron chi connectivity index (χ3n) is 4.33. The van der Waals surface area contributed by atoms with Crippen LogP contribution in [0.5, 0.6) is 0 Å². The summed E-state index contributed by atoms with van der Waals surface area (Å²) in [5, 5.41) is 0. The quantitative estimate of drug-likeness (QED) is 0.875. The van der Waals surface area contributed by atoms with Gasteiger partial charge in [0.1, 0.15) is 5.82 Å². The lowest BCUT2D eigenvalue weighted by Gasteiger charge is -2.31. The van der Waals surface area contributed by atoms with Crippen molar-refractivity contribution in [1.82, 2.24) is 14.5 Å². The molecule has 0 spiro atoms. The molecule has 0 atom stereocenters. The number of H-pyrrole nitrogens is 1. The number of aromatic amines is 1. The van der Waals surface area contributed by atoms with E-state index in [1.807, 2.05) is 6.07 Å². The first-order valence-corrected chi connectivity index (χ1v) is 7.68. The molecule has 3 rings (SSSR count). The molecule has 2 aromatic rings. The third-order valence-corrected chi connectivity index (χ3v) is 4.65. The number of fused-ring (bicyclic) bond motifs is 1. The molecule has 108 valence electrons. The topological polar surface area (TPSA) is 24.0 Å². The molecule has 3 nitrogen and oxygen atoms in total. The van der Waals surface area contributed by atoms with Crippen LogP contribution in [0, 0.1) is 16.5 Å². The second-order valence-electron chi connectivity index (χ2n) is 5.58. The predicted molar refractivity (Wildman–Crippen MR) is 81.9 cm³/mol. The maximum atomic E-state index is 13.2. The van der Waals surface area contributed by atoms with Crippen LogP contribution in [0.25, 0.3) is 11.0 Å². The Hall–Kier alpha value is -1.20. The van der Waals surface area contributed by atoms with Crippen LogP contribution in [0.4, 0.5) is 4.39 Å². The van der Waals surface area contributed by atoms with E-state index in [-0.39, 0.29) is 5.82 Å². The van der Waals surface area contributed by atoms with Crippen molar-refractivity contribution in [2.24, 2.45) is 5.92 Å². The zero-order valence-corrected chi connectivity index (χ0v) is 12.5. The van der Waals surface area contributed by atoms with Crippen LogP contribution in [0.1, 0.15) is 19.8 Å². The number of piperidine rings is 1. The molecule has 1 N–H and O–H groups in total. The van der Waals surface area contributed by atoms with Gasteiger partial charge in [-0.15, -0.1) is 0 Å². The summed E-state index contributed by atoms with van der Waals surface area (Å²) in [7, 11) is 0. The molecular formula is C15H20FN3S. The van der Waals surface area contributed by atoms with E-state index < -0.39 is 0 Å². The highest BCUT2D eigenvalue weighted by Crippen LogP contribution is 2.22. The second kappa shape index (κ2) is 5.66. The van der Waals surface area contributed by atoms with Crippen molar-refractivity contribution in [2.45, 2.75) is 26.3 Å². The zero-order valence-electron chi connectivity index (χ0n) is 11.7. The number of halogens is 1. The Morgan fingerprint density at radius 1 is 1.35 bits per heavy atom. The number of rotatable bonds is 3. The Kier molecular flexibility index (Phi) is 3.89. The SMILES string of the molecule is CCN1CCC(Cn2c(=S)[nH]c3cc(F)ccc32)CC1. The van der Waals surface area contributed by atoms with Gasteiger partial charge in [-0.2, -0.15) is 0 Å². The summed E-state index contributed by atoms with van der Waals surface area (Å²) in [6.07, 6.45) is 2.42. The highest BCUT2D eigenvalue weighted by atomic mass is 32.1. The van der Waals surface area contributed by atoms with Gasteiger partial charge in [0, 0.05) is 6.54 Å². The van der Waals surface area contributed by atoms with Gasteiger partial charge in [-0.3, -0.25) is 0 Å². The van der Waals surface area contributed by atoms with Gasteiger partial charge in [0.05, 0.1) is 11.0 Å². The average Bonchev–Trinajstić information content (AvgIpc) is 2.75. The number of aromatic nitrogens is 2. The lowest BCUT2D eigenvalue weighted by molar-refractivity contribution is 0.181. The minimum atomic E-state index is -0.225. The number of likely N-dealkylation sites (tertiary alicyclic amines) is 1. The fourth-order valence-electron chi connectivity index (χ4n) is 3.06. The summed E-state index contributed by atoms with van der Waals surface area (Å²) in [6, 6.07) is 4.83. The maximum Gasteiger partial charge on any atom is 0.178 e. The molecule has 1 aliphatic heterocycles. The summed E-state index contributed by atoms with van der Waals surface area (Å²) in [5.41, 5.74) is 1.80. The molecule has 0 radical (unpaired) electrons. The number of hydrogen-bond donors (Lipinski definition) is 1. The van der Waals surface area contributed by atoms with E-state index >= 15 is 0 Å². The third kappa shape index (κ3) is 2.65. The van der Waals surface area contributed by atoms with Gasteiger partial charge in [-0.25, -0.2) is 4.39 Å². The number of hydrogen-bond acceptors (Lipinski definition) is 2. The van der Waals surface area contributed by atoms with Crippen molar-refractivity contribution in [3.63, 3.8) is 0 Å². The Bertz CT molecular complexity index is 653. The lowest BCUT2D eigenvalue weighted by Crippen LogP contribution is -2.34. The lowest BCUT2D eigenvalue weighted by atomic mass is 9.97. The number of nitrogens with zero attached hydrogens (tertiary/aromatic N) is 2. The second-order valence-corrected chi connectivity index (χ2v) is 5.97. The normalized spacial score (nSPS) is 17.9. The molecular weight excluding hydrogens is 273 g/mol. The standard InChI is InChI=1S/C15H20FN3S/c1-2-18-7-5-11(6-8-18)10-19-14-4-3-12(16)9-13(14)17-15(19)20/h3-4,9,11H,2,5-8,10H2,1H3,(H,17,20). The summed E-state index contributed by atoms with van der Waals surface area (Å²) in [6.45, 7) is 6.63. The number of nitrogens with one attached hydrogen (secondary N) is 1. The van der Waals surface area contributed by atoms with Crippen LogP contribution in [-0.2, 0) is 6.54 Å². The Balaban J connectivity index is 1.81. The highest BCUT2D eigenvalue weighted by Gasteiger charge is 2.19. The summed E-state index contributed by atoms with van der Waals surface area (Å²) >= 11 is 5.39. The Morgan fingerprint density at radius 2 is 2.10 bits per heavy atom. The summed E-state index contributed by atoms with van der Waals surface area (Å²) in [5.74, 6) is 0.436. The van der Waals surface area contributed by atoms with Gasteiger partial charge in [0.15, 0.2) is 4.77 Å². The Morgan fingerprint density at radius 3 is 2.80 bits per heavy atom. The predicted octanol–water partition coefficient (Wildman–Crippen LogP) is 3.57. The van der Waals surface area contributed by atoms with Gasteiger partial charge in [0.25, 0.3) is 0 Å². The first kappa shape index (κ1) is 13.8. The van der Waals surface area contributed by atoms with Crippen molar-refractivity contribution >= 4 is 23.3 Å². The molecule has 0 saturated carbocycles. The molecule has 1 aliphatic rings. The first-order chi connectivity index (χ1) is 9.67. The smallest absolute Gasteiger partial charge is 0.178 e. The van der Waals surface area contributed by atoms with Crippen LogP contribution >= 0.6 is 12.2 Å². The largest absolute Gasteiger partial charge is 0.330 e. The monoisotopic (exact) mass is 293 g/mol. The van der Waals surface area contributed by atoms with Gasteiger partial charge in [0.2, 0.25) is 0 Å². The van der Waals surface area contributed by atoms with Crippen molar-refractivity contribution in [3.05, 3.63) is 28.8 Å². The number of imidazole rings is 1. The zero-order chi connectivity index (χ0) is 14.1. The van der Waals surface area contributed by atoms with Crippen LogP contribution < -0.4 is 0 Å². The first-order valence-electron chi connectivity index (χ1n) is 7.28.